The molecule has 0 saturated heterocycles. The molecule has 0 aliphatic carbocycles. The number of hydrogen-bond donors (Lipinski definition) is 1. The third-order valence-electron chi connectivity index (χ3n) is 4.83. The van der Waals surface area contributed by atoms with Gasteiger partial charge in [0, 0.05) is 31.2 Å². The number of urea groups is 1. The van der Waals surface area contributed by atoms with Crippen LogP contribution in [-0.4, -0.2) is 32.2 Å². The van der Waals surface area contributed by atoms with Crippen LogP contribution >= 0.6 is 0 Å². The van der Waals surface area contributed by atoms with Crippen LogP contribution in [0.25, 0.3) is 0 Å². The van der Waals surface area contributed by atoms with Gasteiger partial charge in [0.05, 0.1) is 12.6 Å². The number of amides is 2. The van der Waals surface area contributed by atoms with Gasteiger partial charge in [-0.15, -0.1) is 0 Å². The molecule has 1 aromatic carbocycles. The largest absolute Gasteiger partial charge is 0.323 e. The molecular weight excluding hydrogens is 326 g/mol. The first kappa shape index (κ1) is 16.3. The lowest BCUT2D eigenvalue weighted by molar-refractivity contribution is 0.188. The number of pyridine rings is 1. The fourth-order valence-electron chi connectivity index (χ4n) is 3.42. The summed E-state index contributed by atoms with van der Waals surface area (Å²) < 4.78 is 1.81. The van der Waals surface area contributed by atoms with E-state index in [0.29, 0.717) is 18.9 Å². The number of benzene rings is 1. The van der Waals surface area contributed by atoms with Crippen molar-refractivity contribution in [1.82, 2.24) is 19.7 Å². The van der Waals surface area contributed by atoms with E-state index in [-0.39, 0.29) is 12.1 Å². The summed E-state index contributed by atoms with van der Waals surface area (Å²) in [4.78, 5) is 18.6. The molecule has 132 valence electrons. The van der Waals surface area contributed by atoms with Crippen molar-refractivity contribution in [3.05, 3.63) is 77.7 Å². The van der Waals surface area contributed by atoms with Crippen LogP contribution in [0.4, 0.5) is 10.6 Å². The zero-order valence-corrected chi connectivity index (χ0v) is 14.7. The molecule has 1 aliphatic rings. The van der Waals surface area contributed by atoms with Crippen molar-refractivity contribution in [3.8, 4) is 0 Å². The van der Waals surface area contributed by atoms with Crippen LogP contribution in [0, 0.1) is 0 Å². The standard InChI is InChI=1S/C20H21N5O/c1-15-18-5-3-2-4-17(18)8-13-25(15)20(26)22-19-9-12-24(23-19)14-16-6-10-21-11-7-16/h2-7,9-12,15H,8,13-14H2,1H3,(H,22,23,26). The molecule has 1 aliphatic heterocycles. The predicted molar refractivity (Wildman–Crippen MR) is 99.9 cm³/mol. The molecule has 0 fully saturated rings. The first-order valence-corrected chi connectivity index (χ1v) is 8.78. The van der Waals surface area contributed by atoms with Gasteiger partial charge in [-0.25, -0.2) is 4.79 Å². The topological polar surface area (TPSA) is 63.1 Å². The lowest BCUT2D eigenvalue weighted by atomic mass is 9.94. The molecular formula is C20H21N5O. The maximum absolute atomic E-state index is 12.7. The average molecular weight is 347 g/mol. The molecule has 6 nitrogen and oxygen atoms in total. The van der Waals surface area contributed by atoms with Gasteiger partial charge >= 0.3 is 6.03 Å². The number of nitrogens with zero attached hydrogens (tertiary/aromatic N) is 4. The molecule has 4 rings (SSSR count). The highest BCUT2D eigenvalue weighted by Gasteiger charge is 2.27. The van der Waals surface area contributed by atoms with Crippen molar-refractivity contribution in [3.63, 3.8) is 0 Å². The van der Waals surface area contributed by atoms with Gasteiger partial charge in [0.1, 0.15) is 0 Å². The third kappa shape index (κ3) is 3.31. The Bertz CT molecular complexity index is 905. The normalized spacial score (nSPS) is 16.2. The number of carbonyl (C=O) groups is 1. The van der Waals surface area contributed by atoms with Gasteiger partial charge in [0.25, 0.3) is 0 Å². The van der Waals surface area contributed by atoms with Gasteiger partial charge in [-0.1, -0.05) is 24.3 Å². The fraction of sp³-hybridized carbons (Fsp3) is 0.250. The van der Waals surface area contributed by atoms with E-state index in [2.05, 4.69) is 40.5 Å². The zero-order chi connectivity index (χ0) is 17.9. The Kier molecular flexibility index (Phi) is 4.39. The molecule has 2 aromatic heterocycles. The summed E-state index contributed by atoms with van der Waals surface area (Å²) in [6, 6.07) is 14.0. The Morgan fingerprint density at radius 1 is 1.19 bits per heavy atom. The van der Waals surface area contributed by atoms with Crippen LogP contribution in [0.3, 0.4) is 0 Å². The van der Waals surface area contributed by atoms with Crippen LogP contribution in [0.15, 0.2) is 61.1 Å². The van der Waals surface area contributed by atoms with E-state index in [1.807, 2.05) is 35.4 Å². The highest BCUT2D eigenvalue weighted by atomic mass is 16.2. The van der Waals surface area contributed by atoms with Crippen molar-refractivity contribution < 1.29 is 4.79 Å². The molecule has 26 heavy (non-hydrogen) atoms. The number of hydrogen-bond acceptors (Lipinski definition) is 3. The number of anilines is 1. The molecule has 1 unspecified atom stereocenters. The van der Waals surface area contributed by atoms with Crippen LogP contribution in [0.1, 0.15) is 29.7 Å². The van der Waals surface area contributed by atoms with Gasteiger partial charge in [0.2, 0.25) is 0 Å². The van der Waals surface area contributed by atoms with Crippen molar-refractivity contribution in [1.29, 1.82) is 0 Å². The molecule has 1 atom stereocenters. The third-order valence-corrected chi connectivity index (χ3v) is 4.83. The Labute approximate surface area is 152 Å². The van der Waals surface area contributed by atoms with Crippen molar-refractivity contribution in [2.45, 2.75) is 25.9 Å². The molecule has 3 heterocycles. The summed E-state index contributed by atoms with van der Waals surface area (Å²) in [5.74, 6) is 0.565. The summed E-state index contributed by atoms with van der Waals surface area (Å²) >= 11 is 0. The minimum atomic E-state index is -0.110. The molecule has 0 radical (unpaired) electrons. The van der Waals surface area contributed by atoms with E-state index in [9.17, 15) is 4.79 Å². The van der Waals surface area contributed by atoms with E-state index in [4.69, 9.17) is 0 Å². The lowest BCUT2D eigenvalue weighted by Gasteiger charge is -2.35. The second-order valence-electron chi connectivity index (χ2n) is 6.50. The van der Waals surface area contributed by atoms with Crippen LogP contribution in [0.2, 0.25) is 0 Å². The summed E-state index contributed by atoms with van der Waals surface area (Å²) in [7, 11) is 0. The van der Waals surface area contributed by atoms with Crippen molar-refractivity contribution in [2.75, 3.05) is 11.9 Å². The maximum atomic E-state index is 12.7. The first-order valence-electron chi connectivity index (χ1n) is 8.78. The lowest BCUT2D eigenvalue weighted by Crippen LogP contribution is -2.41. The monoisotopic (exact) mass is 347 g/mol. The van der Waals surface area contributed by atoms with Gasteiger partial charge in [-0.2, -0.15) is 5.10 Å². The first-order chi connectivity index (χ1) is 12.7. The van der Waals surface area contributed by atoms with E-state index < -0.39 is 0 Å². The number of rotatable bonds is 3. The Morgan fingerprint density at radius 2 is 2.00 bits per heavy atom. The van der Waals surface area contributed by atoms with Crippen molar-refractivity contribution in [2.24, 2.45) is 0 Å². The molecule has 0 bridgehead atoms. The highest BCUT2D eigenvalue weighted by Crippen LogP contribution is 2.29. The number of nitrogens with one attached hydrogen (secondary N) is 1. The molecule has 1 N–H and O–H groups in total. The smallest absolute Gasteiger partial charge is 0.317 e. The molecule has 6 heteroatoms. The summed E-state index contributed by atoms with van der Waals surface area (Å²) in [6.45, 7) is 3.42. The van der Waals surface area contributed by atoms with E-state index in [1.165, 1.54) is 11.1 Å². The quantitative estimate of drug-likeness (QED) is 0.789. The van der Waals surface area contributed by atoms with E-state index in [1.54, 1.807) is 17.1 Å². The van der Waals surface area contributed by atoms with Gasteiger partial charge in [-0.3, -0.25) is 15.0 Å². The summed E-state index contributed by atoms with van der Waals surface area (Å²) in [5.41, 5.74) is 3.66. The second kappa shape index (κ2) is 7.00. The zero-order valence-electron chi connectivity index (χ0n) is 14.7. The maximum Gasteiger partial charge on any atom is 0.323 e. The summed E-state index contributed by atoms with van der Waals surface area (Å²) in [6.07, 6.45) is 6.27. The fourth-order valence-corrected chi connectivity index (χ4v) is 3.42. The van der Waals surface area contributed by atoms with E-state index in [0.717, 1.165) is 12.0 Å². The molecule has 0 saturated carbocycles. The Morgan fingerprint density at radius 3 is 2.85 bits per heavy atom. The minimum Gasteiger partial charge on any atom is -0.317 e. The molecule has 3 aromatic rings. The predicted octanol–water partition coefficient (Wildman–Crippen LogP) is 3.48. The van der Waals surface area contributed by atoms with Crippen LogP contribution in [-0.2, 0) is 13.0 Å². The Hall–Kier alpha value is -3.15. The molecule has 0 spiro atoms. The van der Waals surface area contributed by atoms with Gasteiger partial charge < -0.3 is 4.90 Å². The minimum absolute atomic E-state index is 0.0545. The van der Waals surface area contributed by atoms with Gasteiger partial charge in [-0.05, 0) is 42.2 Å². The Balaban J connectivity index is 1.43. The average Bonchev–Trinajstić information content (AvgIpc) is 3.09. The SMILES string of the molecule is CC1c2ccccc2CCN1C(=O)Nc1ccn(Cc2ccncc2)n1. The van der Waals surface area contributed by atoms with Crippen LogP contribution < -0.4 is 5.32 Å². The van der Waals surface area contributed by atoms with Crippen molar-refractivity contribution >= 4 is 11.8 Å². The highest BCUT2D eigenvalue weighted by molar-refractivity contribution is 5.88. The number of carbonyl (C=O) groups excluding carboxylic acids is 1. The molecule has 2 amide bonds. The van der Waals surface area contributed by atoms with E-state index >= 15 is 0 Å². The number of aromatic nitrogens is 3. The second-order valence-corrected chi connectivity index (χ2v) is 6.50. The van der Waals surface area contributed by atoms with Crippen LogP contribution in [0.5, 0.6) is 0 Å². The summed E-state index contributed by atoms with van der Waals surface area (Å²) in [5, 5.41) is 7.37. The van der Waals surface area contributed by atoms with Gasteiger partial charge in [0.15, 0.2) is 5.82 Å². The number of fused-ring (bicyclic) bond motifs is 1.